The first-order valence-electron chi connectivity index (χ1n) is 8.99. The summed E-state index contributed by atoms with van der Waals surface area (Å²) < 4.78 is 5.75. The lowest BCUT2D eigenvalue weighted by atomic mass is 10.1. The van der Waals surface area contributed by atoms with E-state index in [4.69, 9.17) is 4.42 Å². The number of aryl methyl sites for hydroxylation is 2. The first kappa shape index (κ1) is 18.4. The number of amides is 2. The predicted octanol–water partition coefficient (Wildman–Crippen LogP) is 2.50. The number of furan rings is 1. The number of hydrazine groups is 1. The minimum absolute atomic E-state index is 0.0147. The zero-order valence-corrected chi connectivity index (χ0v) is 15.9. The first-order chi connectivity index (χ1) is 14.0. The van der Waals surface area contributed by atoms with Gasteiger partial charge in [-0.15, -0.1) is 0 Å². The largest absolute Gasteiger partial charge is 0.457 e. The molecule has 1 aromatic heterocycles. The summed E-state index contributed by atoms with van der Waals surface area (Å²) in [4.78, 5) is 36.0. The van der Waals surface area contributed by atoms with Gasteiger partial charge in [0.05, 0.1) is 5.69 Å². The van der Waals surface area contributed by atoms with Crippen LogP contribution in [0.3, 0.4) is 0 Å². The molecule has 7 heteroatoms. The number of hydrogen-bond donors (Lipinski definition) is 2. The van der Waals surface area contributed by atoms with Crippen LogP contribution in [0.5, 0.6) is 0 Å². The number of nitrogens with zero attached hydrogens (tertiary/aromatic N) is 1. The van der Waals surface area contributed by atoms with E-state index in [1.165, 1.54) is 11.1 Å². The number of hydrogen-bond acceptors (Lipinski definition) is 4. The summed E-state index contributed by atoms with van der Waals surface area (Å²) in [5.41, 5.74) is 6.40. The van der Waals surface area contributed by atoms with Crippen LogP contribution in [0.2, 0.25) is 0 Å². The Bertz CT molecular complexity index is 1180. The Balaban J connectivity index is 1.62. The lowest BCUT2D eigenvalue weighted by Crippen LogP contribution is -2.55. The highest BCUT2D eigenvalue weighted by atomic mass is 16.3. The molecule has 1 saturated heterocycles. The Kier molecular flexibility index (Phi) is 4.56. The molecule has 2 amide bonds. The smallest absolute Gasteiger partial charge is 0.282 e. The molecule has 2 aromatic carbocycles. The molecule has 0 spiro atoms. The standard InChI is InChI=1S/C22H17N3O4/c1-13-6-7-17(10-14(13)2)25-22(27)19(21(26)23-25)12-18-8-9-20(29-18)15-4-3-5-16(11-15)24-28/h3-12H,1-2H3,(H,23,26)/p+1/b19-12-. The molecule has 2 N–H and O–H groups in total. The van der Waals surface area contributed by atoms with Gasteiger partial charge in [-0.1, -0.05) is 18.2 Å². The van der Waals surface area contributed by atoms with Gasteiger partial charge in [0.15, 0.2) is 0 Å². The first-order valence-corrected chi connectivity index (χ1v) is 8.99. The van der Waals surface area contributed by atoms with E-state index in [-0.39, 0.29) is 5.57 Å². The van der Waals surface area contributed by atoms with Crippen molar-refractivity contribution < 1.29 is 19.2 Å². The van der Waals surface area contributed by atoms with Gasteiger partial charge in [-0.25, -0.2) is 5.01 Å². The predicted molar refractivity (Wildman–Crippen MR) is 108 cm³/mol. The van der Waals surface area contributed by atoms with Crippen LogP contribution in [0.1, 0.15) is 16.9 Å². The van der Waals surface area contributed by atoms with E-state index in [0.29, 0.717) is 28.5 Å². The zero-order valence-electron chi connectivity index (χ0n) is 15.9. The van der Waals surface area contributed by atoms with Gasteiger partial charge >= 0.3 is 0 Å². The molecular weight excluding hydrogens is 370 g/mol. The fourth-order valence-electron chi connectivity index (χ4n) is 3.07. The molecule has 29 heavy (non-hydrogen) atoms. The molecule has 0 aliphatic carbocycles. The van der Waals surface area contributed by atoms with E-state index in [1.54, 1.807) is 42.5 Å². The summed E-state index contributed by atoms with van der Waals surface area (Å²) in [7, 11) is 0. The Morgan fingerprint density at radius 3 is 2.59 bits per heavy atom. The van der Waals surface area contributed by atoms with E-state index in [2.05, 4.69) is 5.43 Å². The van der Waals surface area contributed by atoms with E-state index < -0.39 is 11.8 Å². The van der Waals surface area contributed by atoms with Crippen LogP contribution in [-0.4, -0.2) is 11.8 Å². The minimum Gasteiger partial charge on any atom is -0.457 e. The van der Waals surface area contributed by atoms with Crippen molar-refractivity contribution in [1.82, 2.24) is 5.43 Å². The third kappa shape index (κ3) is 3.45. The van der Waals surface area contributed by atoms with Crippen molar-refractivity contribution in [2.45, 2.75) is 13.8 Å². The molecule has 0 atom stereocenters. The molecule has 0 radical (unpaired) electrons. The number of carbonyl (C=O) groups excluding carboxylic acids is 2. The molecule has 0 saturated carbocycles. The monoisotopic (exact) mass is 388 g/mol. The van der Waals surface area contributed by atoms with Crippen molar-refractivity contribution in [2.24, 2.45) is 0 Å². The molecule has 3 aromatic rings. The second-order valence-electron chi connectivity index (χ2n) is 6.79. The zero-order chi connectivity index (χ0) is 20.5. The number of anilines is 1. The van der Waals surface area contributed by atoms with Crippen LogP contribution in [-0.2, 0) is 9.59 Å². The van der Waals surface area contributed by atoms with Crippen molar-refractivity contribution in [3.8, 4) is 11.3 Å². The maximum absolute atomic E-state index is 12.8. The van der Waals surface area contributed by atoms with Crippen molar-refractivity contribution in [3.05, 3.63) is 82.0 Å². The van der Waals surface area contributed by atoms with Crippen molar-refractivity contribution in [3.63, 3.8) is 0 Å². The number of nitroso groups, excluding NO2 is 1. The Hall–Kier alpha value is -4.00. The molecule has 0 bridgehead atoms. The number of benzene rings is 2. The van der Waals surface area contributed by atoms with Gasteiger partial charge in [0.1, 0.15) is 17.1 Å². The third-order valence-corrected chi connectivity index (χ3v) is 4.82. The molecule has 4 rings (SSSR count). The summed E-state index contributed by atoms with van der Waals surface area (Å²) in [6.07, 6.45) is 1.41. The molecular formula is C22H18N3O4+. The molecule has 7 nitrogen and oxygen atoms in total. The van der Waals surface area contributed by atoms with Gasteiger partial charge in [0.2, 0.25) is 0 Å². The lowest BCUT2D eigenvalue weighted by molar-refractivity contribution is -0.379. The summed E-state index contributed by atoms with van der Waals surface area (Å²) in [6.45, 7) is 3.92. The van der Waals surface area contributed by atoms with Crippen molar-refractivity contribution in [2.75, 3.05) is 5.01 Å². The Morgan fingerprint density at radius 2 is 1.83 bits per heavy atom. The Labute approximate surface area is 166 Å². The normalized spacial score (nSPS) is 15.1. The molecule has 1 aliphatic rings. The molecule has 0 unspecified atom stereocenters. The SMILES string of the molecule is Cc1ccc(N2NC(=O)/C(=C/c3ccc(-c4cccc([NH+]=O)c4)o3)C2=O)cc1C. The molecule has 1 fully saturated rings. The van der Waals surface area contributed by atoms with Crippen LogP contribution in [0.4, 0.5) is 11.4 Å². The fourth-order valence-corrected chi connectivity index (χ4v) is 3.07. The van der Waals surface area contributed by atoms with E-state index >= 15 is 0 Å². The summed E-state index contributed by atoms with van der Waals surface area (Å²) >= 11 is 0. The van der Waals surface area contributed by atoms with Gasteiger partial charge in [-0.2, -0.15) is 0 Å². The number of carbonyl (C=O) groups is 2. The van der Waals surface area contributed by atoms with Crippen LogP contribution >= 0.6 is 0 Å². The highest BCUT2D eigenvalue weighted by Crippen LogP contribution is 2.27. The second-order valence-corrected chi connectivity index (χ2v) is 6.79. The molecule has 2 heterocycles. The average Bonchev–Trinajstić information content (AvgIpc) is 3.30. The second kappa shape index (κ2) is 7.20. The number of nitrogens with one attached hydrogen (secondary N) is 2. The van der Waals surface area contributed by atoms with E-state index in [9.17, 15) is 14.5 Å². The van der Waals surface area contributed by atoms with Crippen molar-refractivity contribution in [1.29, 1.82) is 0 Å². The maximum Gasteiger partial charge on any atom is 0.282 e. The van der Waals surface area contributed by atoms with E-state index in [0.717, 1.165) is 11.1 Å². The number of rotatable bonds is 4. The average molecular weight is 388 g/mol. The summed E-state index contributed by atoms with van der Waals surface area (Å²) in [5, 5.41) is 3.07. The highest BCUT2D eigenvalue weighted by molar-refractivity contribution is 6.31. The topological polar surface area (TPSA) is 93.6 Å². The maximum atomic E-state index is 12.8. The van der Waals surface area contributed by atoms with Gasteiger partial charge in [0, 0.05) is 27.8 Å². The highest BCUT2D eigenvalue weighted by Gasteiger charge is 2.34. The van der Waals surface area contributed by atoms with Gasteiger partial charge in [-0.3, -0.25) is 15.0 Å². The van der Waals surface area contributed by atoms with Crippen LogP contribution < -0.4 is 15.6 Å². The third-order valence-electron chi connectivity index (χ3n) is 4.82. The van der Waals surface area contributed by atoms with Crippen LogP contribution in [0.25, 0.3) is 17.4 Å². The van der Waals surface area contributed by atoms with Crippen LogP contribution in [0.15, 0.2) is 64.6 Å². The van der Waals surface area contributed by atoms with Crippen molar-refractivity contribution >= 4 is 29.3 Å². The fraction of sp³-hybridized carbons (Fsp3) is 0.0909. The quantitative estimate of drug-likeness (QED) is 0.530. The van der Waals surface area contributed by atoms with E-state index in [1.807, 2.05) is 31.2 Å². The van der Waals surface area contributed by atoms with Crippen LogP contribution in [0, 0.1) is 18.8 Å². The molecule has 144 valence electrons. The Morgan fingerprint density at radius 1 is 1.00 bits per heavy atom. The summed E-state index contributed by atoms with van der Waals surface area (Å²) in [6, 6.07) is 15.7. The minimum atomic E-state index is -0.497. The van der Waals surface area contributed by atoms with Gasteiger partial charge in [0.25, 0.3) is 17.5 Å². The summed E-state index contributed by atoms with van der Waals surface area (Å²) in [5.74, 6) is -0.0655. The van der Waals surface area contributed by atoms with Gasteiger partial charge < -0.3 is 4.42 Å². The molecule has 1 aliphatic heterocycles. The van der Waals surface area contributed by atoms with Gasteiger partial charge in [-0.05, 0) is 55.3 Å². The lowest BCUT2D eigenvalue weighted by Gasteiger charge is -2.15.